The average Bonchev–Trinajstić information content (AvgIpc) is 2.94. The molecule has 1 aliphatic carbocycles. The zero-order chi connectivity index (χ0) is 23.3. The Morgan fingerprint density at radius 2 is 1.75 bits per heavy atom. The minimum Gasteiger partial charge on any atom is -0.313 e. The summed E-state index contributed by atoms with van der Waals surface area (Å²) in [4.78, 5) is 18.7. The van der Waals surface area contributed by atoms with Crippen molar-refractivity contribution in [2.45, 2.75) is 37.5 Å². The lowest BCUT2D eigenvalue weighted by molar-refractivity contribution is -0.137. The number of benzene rings is 2. The van der Waals surface area contributed by atoms with E-state index in [9.17, 15) is 18.0 Å². The van der Waals surface area contributed by atoms with Crippen LogP contribution in [-0.4, -0.2) is 30.4 Å². The van der Waals surface area contributed by atoms with Crippen LogP contribution >= 0.6 is 0 Å². The van der Waals surface area contributed by atoms with E-state index in [-0.39, 0.29) is 11.6 Å². The van der Waals surface area contributed by atoms with E-state index in [2.05, 4.69) is 6.58 Å². The van der Waals surface area contributed by atoms with Gasteiger partial charge >= 0.3 is 6.18 Å². The van der Waals surface area contributed by atoms with Crippen LogP contribution in [0.5, 0.6) is 0 Å². The van der Waals surface area contributed by atoms with Crippen molar-refractivity contribution < 1.29 is 18.0 Å². The number of carbonyl (C=O) groups is 1. The Balaban J connectivity index is 1.75. The van der Waals surface area contributed by atoms with Crippen LogP contribution in [0.2, 0.25) is 0 Å². The fraction of sp³-hybridized carbons (Fsp3) is 0.333. The number of amides is 1. The summed E-state index contributed by atoms with van der Waals surface area (Å²) < 4.78 is 40.5. The molecule has 8 heteroatoms. The van der Waals surface area contributed by atoms with Crippen LogP contribution in [0, 0.1) is 11.3 Å². The Morgan fingerprint density at radius 3 is 2.25 bits per heavy atom. The van der Waals surface area contributed by atoms with Gasteiger partial charge < -0.3 is 9.80 Å². The van der Waals surface area contributed by atoms with E-state index in [1.807, 2.05) is 48.2 Å². The molecule has 1 saturated heterocycles. The Morgan fingerprint density at radius 1 is 1.12 bits per heavy atom. The molecule has 4 rings (SSSR count). The maximum absolute atomic E-state index is 13.5. The smallest absolute Gasteiger partial charge is 0.313 e. The fourth-order valence-electron chi connectivity index (χ4n) is 4.50. The lowest BCUT2D eigenvalue weighted by Gasteiger charge is -2.43. The minimum absolute atomic E-state index is 0.0596. The summed E-state index contributed by atoms with van der Waals surface area (Å²) in [6, 6.07) is 12.7. The number of halogens is 3. The summed E-state index contributed by atoms with van der Waals surface area (Å²) in [6.45, 7) is 4.85. The predicted molar refractivity (Wildman–Crippen MR) is 116 cm³/mol. The zero-order valence-electron chi connectivity index (χ0n) is 17.9. The lowest BCUT2D eigenvalue weighted by atomic mass is 9.75. The molecule has 2 aromatic carbocycles. The quantitative estimate of drug-likeness (QED) is 0.680. The second-order valence-electron chi connectivity index (χ2n) is 8.52. The molecule has 0 unspecified atom stereocenters. The number of hydrogen-bond donors (Lipinski definition) is 0. The molecule has 1 heterocycles. The van der Waals surface area contributed by atoms with Crippen molar-refractivity contribution in [3.8, 4) is 6.07 Å². The second kappa shape index (κ2) is 7.68. The molecule has 1 aliphatic heterocycles. The summed E-state index contributed by atoms with van der Waals surface area (Å²) >= 11 is 0. The van der Waals surface area contributed by atoms with Crippen LogP contribution in [0.4, 0.5) is 24.5 Å². The first kappa shape index (κ1) is 21.9. The highest BCUT2D eigenvalue weighted by molar-refractivity contribution is 6.10. The van der Waals surface area contributed by atoms with Crippen molar-refractivity contribution in [3.63, 3.8) is 0 Å². The highest BCUT2D eigenvalue weighted by Gasteiger charge is 2.58. The van der Waals surface area contributed by atoms with Gasteiger partial charge in [0, 0.05) is 12.2 Å². The SMILES string of the molecule is C=C1N(c2ccc(C#N)c(C(F)(F)F)c2)C(=O)C2(CCC2)N1c1ccc(CN(C)C)cc1. The molecular weight excluding hydrogens is 417 g/mol. The molecule has 0 N–H and O–H groups in total. The molecule has 0 bridgehead atoms. The van der Waals surface area contributed by atoms with Gasteiger partial charge in [-0.05, 0) is 69.3 Å². The lowest BCUT2D eigenvalue weighted by Crippen LogP contribution is -2.54. The third-order valence-electron chi connectivity index (χ3n) is 6.11. The number of rotatable bonds is 4. The molecule has 0 atom stereocenters. The Kier molecular flexibility index (Phi) is 5.25. The maximum Gasteiger partial charge on any atom is 0.417 e. The standard InChI is InChI=1S/C24H23F3N4O/c1-16-30(20-10-7-18(14-28)21(13-20)24(25,26)27)22(32)23(11-4-12-23)31(16)19-8-5-17(6-9-19)15-29(2)3/h5-10,13H,1,4,11-12,15H2,2-3H3. The van der Waals surface area contributed by atoms with E-state index in [4.69, 9.17) is 5.26 Å². The van der Waals surface area contributed by atoms with Gasteiger partial charge in [0.2, 0.25) is 0 Å². The van der Waals surface area contributed by atoms with Crippen molar-refractivity contribution in [1.82, 2.24) is 4.90 Å². The normalized spacial score (nSPS) is 17.8. The molecule has 166 valence electrons. The van der Waals surface area contributed by atoms with Crippen molar-refractivity contribution in [3.05, 3.63) is 71.6 Å². The Labute approximate surface area is 184 Å². The fourth-order valence-corrected chi connectivity index (χ4v) is 4.50. The second-order valence-corrected chi connectivity index (χ2v) is 8.52. The van der Waals surface area contributed by atoms with E-state index < -0.39 is 22.8 Å². The van der Waals surface area contributed by atoms with E-state index in [1.165, 1.54) is 11.0 Å². The first-order chi connectivity index (χ1) is 15.1. The largest absolute Gasteiger partial charge is 0.417 e. The van der Waals surface area contributed by atoms with Crippen LogP contribution in [0.25, 0.3) is 0 Å². The van der Waals surface area contributed by atoms with Gasteiger partial charge in [-0.2, -0.15) is 18.4 Å². The predicted octanol–water partition coefficient (Wildman–Crippen LogP) is 4.89. The molecule has 5 nitrogen and oxygen atoms in total. The summed E-state index contributed by atoms with van der Waals surface area (Å²) in [5.41, 5.74) is -0.442. The van der Waals surface area contributed by atoms with Crippen LogP contribution < -0.4 is 9.80 Å². The van der Waals surface area contributed by atoms with Crippen molar-refractivity contribution in [1.29, 1.82) is 5.26 Å². The summed E-state index contributed by atoms with van der Waals surface area (Å²) in [7, 11) is 3.95. The van der Waals surface area contributed by atoms with Gasteiger partial charge in [0.05, 0.1) is 22.9 Å². The van der Waals surface area contributed by atoms with Crippen LogP contribution in [0.15, 0.2) is 54.9 Å². The van der Waals surface area contributed by atoms with Crippen LogP contribution in [0.1, 0.15) is 36.0 Å². The van der Waals surface area contributed by atoms with Gasteiger partial charge in [0.1, 0.15) is 11.4 Å². The van der Waals surface area contributed by atoms with E-state index >= 15 is 0 Å². The van der Waals surface area contributed by atoms with Crippen LogP contribution in [0.3, 0.4) is 0 Å². The minimum atomic E-state index is -4.71. The third-order valence-corrected chi connectivity index (χ3v) is 6.11. The third kappa shape index (κ3) is 3.43. The molecule has 32 heavy (non-hydrogen) atoms. The summed E-state index contributed by atoms with van der Waals surface area (Å²) in [6.07, 6.45) is -2.66. The molecule has 2 aromatic rings. The average molecular weight is 440 g/mol. The number of hydrogen-bond acceptors (Lipinski definition) is 4. The van der Waals surface area contributed by atoms with Gasteiger partial charge in [-0.25, -0.2) is 0 Å². The molecular formula is C24H23F3N4O. The van der Waals surface area contributed by atoms with Gasteiger partial charge in [0.25, 0.3) is 5.91 Å². The van der Waals surface area contributed by atoms with E-state index in [1.54, 1.807) is 6.07 Å². The first-order valence-electron chi connectivity index (χ1n) is 10.3. The van der Waals surface area contributed by atoms with E-state index in [0.717, 1.165) is 36.3 Å². The molecule has 0 aromatic heterocycles. The number of carbonyl (C=O) groups excluding carboxylic acids is 1. The molecule has 2 aliphatic rings. The molecule has 2 fully saturated rings. The Bertz CT molecular complexity index is 1110. The van der Waals surface area contributed by atoms with Gasteiger partial charge in [-0.15, -0.1) is 0 Å². The molecule has 1 spiro atoms. The Hall–Kier alpha value is -3.31. The van der Waals surface area contributed by atoms with E-state index in [0.29, 0.717) is 18.7 Å². The maximum atomic E-state index is 13.5. The highest BCUT2D eigenvalue weighted by atomic mass is 19.4. The monoisotopic (exact) mass is 440 g/mol. The first-order valence-corrected chi connectivity index (χ1v) is 10.3. The molecule has 1 saturated carbocycles. The van der Waals surface area contributed by atoms with Crippen molar-refractivity contribution >= 4 is 17.3 Å². The number of nitrogens with zero attached hydrogens (tertiary/aromatic N) is 4. The number of anilines is 2. The summed E-state index contributed by atoms with van der Waals surface area (Å²) in [5.74, 6) is 0.0249. The van der Waals surface area contributed by atoms with Gasteiger partial charge in [-0.3, -0.25) is 9.69 Å². The zero-order valence-corrected chi connectivity index (χ0v) is 17.9. The van der Waals surface area contributed by atoms with Gasteiger partial charge in [0.15, 0.2) is 0 Å². The topological polar surface area (TPSA) is 50.6 Å². The van der Waals surface area contributed by atoms with Crippen molar-refractivity contribution in [2.24, 2.45) is 0 Å². The number of alkyl halides is 3. The summed E-state index contributed by atoms with van der Waals surface area (Å²) in [5, 5.41) is 9.08. The number of nitriles is 1. The molecule has 1 amide bonds. The van der Waals surface area contributed by atoms with Crippen LogP contribution in [-0.2, 0) is 17.5 Å². The highest BCUT2D eigenvalue weighted by Crippen LogP contribution is 2.50. The molecule has 0 radical (unpaired) electrons. The van der Waals surface area contributed by atoms with Crippen molar-refractivity contribution in [2.75, 3.05) is 23.9 Å². The van der Waals surface area contributed by atoms with Gasteiger partial charge in [-0.1, -0.05) is 18.7 Å².